The molecular weight excluding hydrogens is 196 g/mol. The van der Waals surface area contributed by atoms with Crippen LogP contribution in [0.2, 0.25) is 0 Å². The van der Waals surface area contributed by atoms with Crippen LogP contribution in [0.25, 0.3) is 0 Å². The first-order chi connectivity index (χ1) is 6.60. The molecule has 1 amide bonds. The van der Waals surface area contributed by atoms with Gasteiger partial charge in [-0.05, 0) is 32.1 Å². The second-order valence-corrected chi connectivity index (χ2v) is 4.71. The maximum absolute atomic E-state index is 11.4. The van der Waals surface area contributed by atoms with Crippen molar-refractivity contribution in [2.75, 3.05) is 18.6 Å². The predicted octanol–water partition coefficient (Wildman–Crippen LogP) is 1.23. The molecule has 0 spiro atoms. The van der Waals surface area contributed by atoms with Gasteiger partial charge in [0.2, 0.25) is 5.91 Å². The number of nitrogens with one attached hydrogen (secondary N) is 1. The van der Waals surface area contributed by atoms with E-state index in [1.807, 2.05) is 13.2 Å². The highest BCUT2D eigenvalue weighted by molar-refractivity contribution is 7.98. The number of rotatable bonds is 7. The van der Waals surface area contributed by atoms with E-state index in [0.717, 1.165) is 12.2 Å². The molecule has 0 fully saturated rings. The highest BCUT2D eigenvalue weighted by Gasteiger charge is 2.08. The van der Waals surface area contributed by atoms with E-state index in [0.29, 0.717) is 18.9 Å². The quantitative estimate of drug-likeness (QED) is 0.676. The number of hydrogen-bond acceptors (Lipinski definition) is 3. The van der Waals surface area contributed by atoms with Gasteiger partial charge in [-0.2, -0.15) is 11.8 Å². The van der Waals surface area contributed by atoms with Crippen LogP contribution in [0.5, 0.6) is 0 Å². The largest absolute Gasteiger partial charge is 0.353 e. The smallest absolute Gasteiger partial charge is 0.220 e. The Kier molecular flexibility index (Phi) is 7.99. The van der Waals surface area contributed by atoms with E-state index in [9.17, 15) is 4.79 Å². The predicted molar refractivity (Wildman–Crippen MR) is 63.4 cm³/mol. The molecule has 0 aromatic rings. The molecule has 0 aliphatic heterocycles. The zero-order chi connectivity index (χ0) is 11.0. The fourth-order valence-electron chi connectivity index (χ4n) is 1.13. The van der Waals surface area contributed by atoms with Crippen LogP contribution in [-0.4, -0.2) is 30.5 Å². The van der Waals surface area contributed by atoms with Crippen molar-refractivity contribution < 1.29 is 4.79 Å². The maximum atomic E-state index is 11.4. The molecule has 0 aromatic carbocycles. The third-order valence-corrected chi connectivity index (χ3v) is 2.92. The molecule has 0 aromatic heterocycles. The van der Waals surface area contributed by atoms with Gasteiger partial charge in [-0.3, -0.25) is 4.79 Å². The molecular formula is C10H22N2OS. The molecule has 2 atom stereocenters. The van der Waals surface area contributed by atoms with Crippen LogP contribution >= 0.6 is 11.8 Å². The topological polar surface area (TPSA) is 55.1 Å². The van der Waals surface area contributed by atoms with Crippen LogP contribution in [0.1, 0.15) is 26.7 Å². The second-order valence-electron chi connectivity index (χ2n) is 3.80. The molecule has 3 nitrogen and oxygen atoms in total. The number of nitrogens with two attached hydrogens (primary N) is 1. The van der Waals surface area contributed by atoms with Gasteiger partial charge in [0.05, 0.1) is 0 Å². The zero-order valence-corrected chi connectivity index (χ0v) is 10.2. The minimum Gasteiger partial charge on any atom is -0.353 e. The molecule has 0 radical (unpaired) electrons. The third-order valence-electron chi connectivity index (χ3n) is 2.09. The summed E-state index contributed by atoms with van der Waals surface area (Å²) in [6.45, 7) is 4.76. The monoisotopic (exact) mass is 218 g/mol. The molecule has 0 saturated heterocycles. The number of carbonyl (C=O) groups is 1. The molecule has 2 unspecified atom stereocenters. The normalized spacial score (nSPS) is 14.9. The van der Waals surface area contributed by atoms with E-state index in [1.54, 1.807) is 11.8 Å². The van der Waals surface area contributed by atoms with Crippen molar-refractivity contribution in [2.45, 2.75) is 32.7 Å². The summed E-state index contributed by atoms with van der Waals surface area (Å²) in [5.74, 6) is 1.56. The average Bonchev–Trinajstić information content (AvgIpc) is 2.14. The molecule has 0 aliphatic carbocycles. The van der Waals surface area contributed by atoms with Gasteiger partial charge >= 0.3 is 0 Å². The molecule has 0 rings (SSSR count). The molecule has 0 saturated carbocycles. The summed E-state index contributed by atoms with van der Waals surface area (Å²) < 4.78 is 0. The van der Waals surface area contributed by atoms with Crippen molar-refractivity contribution in [1.29, 1.82) is 0 Å². The fourth-order valence-corrected chi connectivity index (χ4v) is 1.72. The fraction of sp³-hybridized carbons (Fsp3) is 0.900. The lowest BCUT2D eigenvalue weighted by Gasteiger charge is -2.13. The molecule has 0 aliphatic rings. The van der Waals surface area contributed by atoms with Gasteiger partial charge in [-0.1, -0.05) is 6.92 Å². The summed E-state index contributed by atoms with van der Waals surface area (Å²) in [6.07, 6.45) is 3.52. The average molecular weight is 218 g/mol. The van der Waals surface area contributed by atoms with Crippen LogP contribution in [0, 0.1) is 5.92 Å². The Balaban J connectivity index is 3.54. The van der Waals surface area contributed by atoms with Gasteiger partial charge in [0, 0.05) is 18.2 Å². The van der Waals surface area contributed by atoms with Crippen molar-refractivity contribution >= 4 is 17.7 Å². The number of hydrogen-bond donors (Lipinski definition) is 2. The van der Waals surface area contributed by atoms with Gasteiger partial charge < -0.3 is 11.1 Å². The van der Waals surface area contributed by atoms with Gasteiger partial charge in [0.1, 0.15) is 0 Å². The van der Waals surface area contributed by atoms with Gasteiger partial charge in [0.25, 0.3) is 0 Å². The van der Waals surface area contributed by atoms with E-state index in [-0.39, 0.29) is 11.9 Å². The van der Waals surface area contributed by atoms with Crippen LogP contribution in [0.15, 0.2) is 0 Å². The Bertz CT molecular complexity index is 164. The Labute approximate surface area is 91.2 Å². The first kappa shape index (κ1) is 13.8. The van der Waals surface area contributed by atoms with Gasteiger partial charge in [0.15, 0.2) is 0 Å². The van der Waals surface area contributed by atoms with Crippen molar-refractivity contribution in [3.63, 3.8) is 0 Å². The summed E-state index contributed by atoms with van der Waals surface area (Å²) >= 11 is 1.75. The second kappa shape index (κ2) is 8.12. The molecule has 0 bridgehead atoms. The number of amides is 1. The van der Waals surface area contributed by atoms with E-state index in [2.05, 4.69) is 12.2 Å². The van der Waals surface area contributed by atoms with E-state index in [1.165, 1.54) is 0 Å². The summed E-state index contributed by atoms with van der Waals surface area (Å²) in [6, 6.07) is 0.269. The third kappa shape index (κ3) is 7.21. The van der Waals surface area contributed by atoms with Crippen LogP contribution in [0.4, 0.5) is 0 Å². The molecule has 14 heavy (non-hydrogen) atoms. The summed E-state index contributed by atoms with van der Waals surface area (Å²) in [7, 11) is 0. The summed E-state index contributed by atoms with van der Waals surface area (Å²) in [5.41, 5.74) is 5.47. The molecule has 3 N–H and O–H groups in total. The van der Waals surface area contributed by atoms with E-state index >= 15 is 0 Å². The van der Waals surface area contributed by atoms with E-state index in [4.69, 9.17) is 5.73 Å². The summed E-state index contributed by atoms with van der Waals surface area (Å²) in [5, 5.41) is 2.96. The zero-order valence-electron chi connectivity index (χ0n) is 9.38. The minimum absolute atomic E-state index is 0.145. The highest BCUT2D eigenvalue weighted by Crippen LogP contribution is 2.03. The standard InChI is InChI=1S/C10H22N2OS/c1-8(6-11)4-5-10(13)12-9(2)7-14-3/h8-9H,4-7,11H2,1-3H3,(H,12,13). The van der Waals surface area contributed by atoms with Crippen LogP contribution in [0.3, 0.4) is 0 Å². The Morgan fingerprint density at radius 3 is 2.64 bits per heavy atom. The minimum atomic E-state index is 0.145. The van der Waals surface area contributed by atoms with Gasteiger partial charge in [-0.15, -0.1) is 0 Å². The van der Waals surface area contributed by atoms with E-state index < -0.39 is 0 Å². The Hall–Kier alpha value is -0.220. The number of carbonyl (C=O) groups excluding carboxylic acids is 1. The SMILES string of the molecule is CSCC(C)NC(=O)CCC(C)CN. The lowest BCUT2D eigenvalue weighted by Crippen LogP contribution is -2.34. The maximum Gasteiger partial charge on any atom is 0.220 e. The molecule has 84 valence electrons. The van der Waals surface area contributed by atoms with Crippen molar-refractivity contribution in [2.24, 2.45) is 11.7 Å². The van der Waals surface area contributed by atoms with Crippen molar-refractivity contribution in [3.05, 3.63) is 0 Å². The van der Waals surface area contributed by atoms with Crippen molar-refractivity contribution in [1.82, 2.24) is 5.32 Å². The Morgan fingerprint density at radius 1 is 1.50 bits per heavy atom. The van der Waals surface area contributed by atoms with Gasteiger partial charge in [-0.25, -0.2) is 0 Å². The van der Waals surface area contributed by atoms with Crippen LogP contribution in [-0.2, 0) is 4.79 Å². The summed E-state index contributed by atoms with van der Waals surface area (Å²) in [4.78, 5) is 11.4. The molecule has 0 heterocycles. The van der Waals surface area contributed by atoms with Crippen molar-refractivity contribution in [3.8, 4) is 0 Å². The lowest BCUT2D eigenvalue weighted by atomic mass is 10.1. The Morgan fingerprint density at radius 2 is 2.14 bits per heavy atom. The first-order valence-electron chi connectivity index (χ1n) is 5.08. The number of thioether (sulfide) groups is 1. The first-order valence-corrected chi connectivity index (χ1v) is 6.47. The van der Waals surface area contributed by atoms with Crippen LogP contribution < -0.4 is 11.1 Å². The molecule has 4 heteroatoms. The lowest BCUT2D eigenvalue weighted by molar-refractivity contribution is -0.121. The highest BCUT2D eigenvalue weighted by atomic mass is 32.2.